The number of methoxy groups -OCH3 is 1. The number of nitriles is 1. The van der Waals surface area contributed by atoms with Crippen LogP contribution >= 0.6 is 0 Å². The zero-order valence-corrected chi connectivity index (χ0v) is 17.7. The van der Waals surface area contributed by atoms with Gasteiger partial charge in [0.2, 0.25) is 0 Å². The van der Waals surface area contributed by atoms with E-state index in [0.717, 1.165) is 35.9 Å². The first kappa shape index (κ1) is 18.8. The second-order valence-electron chi connectivity index (χ2n) is 8.73. The predicted molar refractivity (Wildman–Crippen MR) is 104 cm³/mol. The Hall–Kier alpha value is -1.50. The Balaban J connectivity index is 1.65. The third-order valence-electron chi connectivity index (χ3n) is 7.78. The van der Waals surface area contributed by atoms with E-state index in [-0.39, 0.29) is 20.4 Å². The van der Waals surface area contributed by atoms with Gasteiger partial charge in [-0.05, 0) is 0 Å². The van der Waals surface area contributed by atoms with Gasteiger partial charge in [0.25, 0.3) is 0 Å². The summed E-state index contributed by atoms with van der Waals surface area (Å²) < 4.78 is 6.61. The quantitative estimate of drug-likeness (QED) is 0.740. The minimum atomic E-state index is -0.645. The number of carboxylic acid groups (broad SMARTS) is 1. The Kier molecular flexibility index (Phi) is 4.99. The summed E-state index contributed by atoms with van der Waals surface area (Å²) in [4.78, 5) is 13.7. The fraction of sp³-hybridized carbons (Fsp3) is 0.636. The number of fused-ring (bicyclic) bond motifs is 5. The summed E-state index contributed by atoms with van der Waals surface area (Å²) in [5.74, 6) is 2.42. The van der Waals surface area contributed by atoms with Crippen LogP contribution in [0.1, 0.15) is 62.5 Å². The van der Waals surface area contributed by atoms with Crippen molar-refractivity contribution in [2.24, 2.45) is 23.2 Å². The Morgan fingerprint density at radius 1 is 1.37 bits per heavy atom. The molecule has 0 spiro atoms. The van der Waals surface area contributed by atoms with Crippen LogP contribution in [0.2, 0.25) is 0 Å². The number of aliphatic carboxylic acids is 1. The second kappa shape index (κ2) is 7.15. The molecule has 144 valence electrons. The molecule has 0 aliphatic heterocycles. The van der Waals surface area contributed by atoms with Crippen molar-refractivity contribution >= 4 is 25.4 Å². The van der Waals surface area contributed by atoms with Gasteiger partial charge in [0.1, 0.15) is 0 Å². The van der Waals surface area contributed by atoms with Crippen molar-refractivity contribution in [3.63, 3.8) is 0 Å². The van der Waals surface area contributed by atoms with E-state index in [9.17, 15) is 15.2 Å². The Morgan fingerprint density at radius 2 is 2.19 bits per heavy atom. The van der Waals surface area contributed by atoms with Crippen LogP contribution in [0, 0.1) is 33.4 Å². The number of carboxylic acids is 1. The van der Waals surface area contributed by atoms with E-state index in [4.69, 9.17) is 4.74 Å². The minimum absolute atomic E-state index is 0.183. The molecule has 0 bridgehead atoms. The Morgan fingerprint density at radius 3 is 2.89 bits per heavy atom. The van der Waals surface area contributed by atoms with Crippen LogP contribution in [0.5, 0.6) is 5.75 Å². The SMILES string of the molecule is COc1cc2c(cc1[Se]C#N)[C@H]1CC[C@]3(C)C(CC(=O)O)CC[C@H]3[C@@H]1CC2. The van der Waals surface area contributed by atoms with Gasteiger partial charge in [0.05, 0.1) is 0 Å². The van der Waals surface area contributed by atoms with E-state index in [2.05, 4.69) is 24.0 Å². The molecule has 2 saturated carbocycles. The third kappa shape index (κ3) is 3.08. The number of carbonyl (C=O) groups is 1. The summed E-state index contributed by atoms with van der Waals surface area (Å²) in [6, 6.07) is 4.44. The molecule has 5 atom stereocenters. The van der Waals surface area contributed by atoms with E-state index in [0.29, 0.717) is 30.1 Å². The van der Waals surface area contributed by atoms with Crippen molar-refractivity contribution in [1.82, 2.24) is 0 Å². The summed E-state index contributed by atoms with van der Waals surface area (Å²) >= 11 is -0.212. The van der Waals surface area contributed by atoms with E-state index in [1.807, 2.05) is 0 Å². The first-order valence-electron chi connectivity index (χ1n) is 9.96. The molecule has 0 heterocycles. The van der Waals surface area contributed by atoms with Gasteiger partial charge in [-0.3, -0.25) is 0 Å². The Bertz CT molecular complexity index is 801. The number of aryl methyl sites for hydroxylation is 1. The van der Waals surface area contributed by atoms with Gasteiger partial charge in [0, 0.05) is 0 Å². The molecule has 3 aliphatic carbocycles. The van der Waals surface area contributed by atoms with E-state index >= 15 is 0 Å². The summed E-state index contributed by atoms with van der Waals surface area (Å²) in [5, 5.41) is 18.5. The van der Waals surface area contributed by atoms with Crippen molar-refractivity contribution in [3.05, 3.63) is 23.3 Å². The standard InChI is InChI=1S/C22H27NO3Se/c1-22-8-7-15-16(18(22)6-4-14(22)10-21(24)25)5-3-13-9-19(26-2)20(27-12-23)11-17(13)15/h9,11,14-16,18H,3-8,10H2,1-2H3,(H,24,25)/t14?,15-,16+,18-,22+/m0/s1. The third-order valence-corrected chi connectivity index (χ3v) is 9.10. The molecule has 2 fully saturated rings. The summed E-state index contributed by atoms with van der Waals surface area (Å²) in [7, 11) is 1.69. The van der Waals surface area contributed by atoms with Gasteiger partial charge >= 0.3 is 167 Å². The molecule has 0 aromatic heterocycles. The number of nitrogens with zero attached hydrogens (tertiary/aromatic N) is 1. The first-order valence-corrected chi connectivity index (χ1v) is 11.7. The fourth-order valence-corrected chi connectivity index (χ4v) is 7.63. The monoisotopic (exact) mass is 433 g/mol. The molecule has 1 N–H and O–H groups in total. The number of hydrogen-bond donors (Lipinski definition) is 1. The molecular formula is C22H27NO3Se. The van der Waals surface area contributed by atoms with Crippen LogP contribution in [0.25, 0.3) is 0 Å². The summed E-state index contributed by atoms with van der Waals surface area (Å²) in [5.41, 5.74) is 3.03. The van der Waals surface area contributed by atoms with Gasteiger partial charge in [-0.2, -0.15) is 0 Å². The number of rotatable bonds is 4. The van der Waals surface area contributed by atoms with Crippen LogP contribution in [-0.4, -0.2) is 33.1 Å². The number of benzene rings is 1. The fourth-order valence-electron chi connectivity index (χ4n) is 6.52. The van der Waals surface area contributed by atoms with Crippen LogP contribution in [0.3, 0.4) is 0 Å². The van der Waals surface area contributed by atoms with Crippen molar-refractivity contribution in [2.75, 3.05) is 7.11 Å². The maximum absolute atomic E-state index is 11.3. The molecule has 1 aromatic rings. The molecule has 27 heavy (non-hydrogen) atoms. The normalized spacial score (nSPS) is 34.1. The van der Waals surface area contributed by atoms with Crippen LogP contribution in [-0.2, 0) is 11.2 Å². The maximum atomic E-state index is 11.3. The zero-order chi connectivity index (χ0) is 19.2. The molecule has 4 rings (SSSR count). The van der Waals surface area contributed by atoms with Crippen molar-refractivity contribution < 1.29 is 14.6 Å². The van der Waals surface area contributed by atoms with Crippen molar-refractivity contribution in [3.8, 4) is 10.7 Å². The van der Waals surface area contributed by atoms with Crippen LogP contribution in [0.4, 0.5) is 0 Å². The van der Waals surface area contributed by atoms with Gasteiger partial charge in [-0.15, -0.1) is 0 Å². The predicted octanol–water partition coefficient (Wildman–Crippen LogP) is 3.45. The second-order valence-corrected chi connectivity index (χ2v) is 10.5. The average Bonchev–Trinajstić information content (AvgIpc) is 2.97. The number of ether oxygens (including phenoxy) is 1. The van der Waals surface area contributed by atoms with Gasteiger partial charge in [0.15, 0.2) is 0 Å². The number of hydrogen-bond acceptors (Lipinski definition) is 3. The van der Waals surface area contributed by atoms with Gasteiger partial charge < -0.3 is 0 Å². The van der Waals surface area contributed by atoms with Crippen LogP contribution in [0.15, 0.2) is 12.1 Å². The molecule has 4 nitrogen and oxygen atoms in total. The molecule has 3 aliphatic rings. The summed E-state index contributed by atoms with van der Waals surface area (Å²) in [6.45, 7) is 2.36. The molecule has 0 saturated heterocycles. The zero-order valence-electron chi connectivity index (χ0n) is 16.0. The molecule has 1 unspecified atom stereocenters. The first-order chi connectivity index (χ1) is 13.0. The van der Waals surface area contributed by atoms with E-state index in [1.54, 1.807) is 7.11 Å². The van der Waals surface area contributed by atoms with Gasteiger partial charge in [-0.25, -0.2) is 0 Å². The van der Waals surface area contributed by atoms with Crippen LogP contribution < -0.4 is 9.20 Å². The molecular weight excluding hydrogens is 405 g/mol. The summed E-state index contributed by atoms with van der Waals surface area (Å²) in [6.07, 6.45) is 7.11. The molecule has 0 radical (unpaired) electrons. The van der Waals surface area contributed by atoms with Gasteiger partial charge in [-0.1, -0.05) is 0 Å². The topological polar surface area (TPSA) is 70.3 Å². The molecule has 1 aromatic carbocycles. The van der Waals surface area contributed by atoms with Crippen molar-refractivity contribution in [2.45, 2.75) is 57.8 Å². The Labute approximate surface area is 167 Å². The van der Waals surface area contributed by atoms with E-state index < -0.39 is 5.97 Å². The molecule has 0 amide bonds. The molecule has 5 heteroatoms. The average molecular weight is 432 g/mol. The van der Waals surface area contributed by atoms with E-state index in [1.165, 1.54) is 24.0 Å². The van der Waals surface area contributed by atoms with Crippen molar-refractivity contribution in [1.29, 1.82) is 5.26 Å².